The lowest BCUT2D eigenvalue weighted by molar-refractivity contribution is 0.101. The highest BCUT2D eigenvalue weighted by Crippen LogP contribution is 2.24. The number of rotatable bonds is 4. The van der Waals surface area contributed by atoms with E-state index in [1.165, 1.54) is 0 Å². The van der Waals surface area contributed by atoms with Crippen molar-refractivity contribution in [2.45, 2.75) is 39.4 Å². The lowest BCUT2D eigenvalue weighted by atomic mass is 9.91. The van der Waals surface area contributed by atoms with E-state index in [1.807, 2.05) is 26.8 Å². The highest BCUT2D eigenvalue weighted by Gasteiger charge is 2.16. The highest BCUT2D eigenvalue weighted by molar-refractivity contribution is 7.84. The third-order valence-electron chi connectivity index (χ3n) is 3.65. The van der Waals surface area contributed by atoms with Crippen LogP contribution in [-0.4, -0.2) is 31.0 Å². The highest BCUT2D eigenvalue weighted by atomic mass is 32.2. The zero-order chi connectivity index (χ0) is 15.7. The molecule has 112 valence electrons. The molecule has 0 bridgehead atoms. The molecule has 5 nitrogen and oxygen atoms in total. The molecule has 0 N–H and O–H groups in total. The van der Waals surface area contributed by atoms with E-state index in [4.69, 9.17) is 0 Å². The van der Waals surface area contributed by atoms with Crippen molar-refractivity contribution in [2.24, 2.45) is 0 Å². The third kappa shape index (κ3) is 2.95. The average molecular weight is 305 g/mol. The predicted octanol–water partition coefficient (Wildman–Crippen LogP) is 2.19. The maximum absolute atomic E-state index is 11.8. The molecule has 2 aromatic rings. The molecular weight excluding hydrogens is 286 g/mol. The minimum absolute atomic E-state index is 0.0642. The number of carbonyl (C=O) groups is 1. The van der Waals surface area contributed by atoms with E-state index in [2.05, 4.69) is 10.2 Å². The Hall–Kier alpha value is -1.82. The molecule has 0 spiro atoms. The first kappa shape index (κ1) is 15.6. The molecule has 6 heteroatoms. The number of carbonyl (C=O) groups excluding carboxylic acids is 1. The summed E-state index contributed by atoms with van der Waals surface area (Å²) < 4.78 is 13.4. The van der Waals surface area contributed by atoms with Crippen molar-refractivity contribution in [1.82, 2.24) is 14.8 Å². The van der Waals surface area contributed by atoms with Crippen molar-refractivity contribution in [3.8, 4) is 0 Å². The third-order valence-corrected chi connectivity index (χ3v) is 4.48. The standard InChI is InChI=1S/C15H19N3O2S/c1-9-6-10(2)14(12(4)19)11(3)13(9)7-18-8-16-17-15(18)21(5)20/h6,8H,7H2,1-5H3. The van der Waals surface area contributed by atoms with Crippen molar-refractivity contribution in [1.29, 1.82) is 0 Å². The minimum Gasteiger partial charge on any atom is -0.302 e. The summed E-state index contributed by atoms with van der Waals surface area (Å²) in [5.74, 6) is 0.0642. The maximum atomic E-state index is 11.8. The van der Waals surface area contributed by atoms with E-state index in [-0.39, 0.29) is 5.78 Å². The van der Waals surface area contributed by atoms with Crippen LogP contribution in [-0.2, 0) is 17.3 Å². The molecule has 0 saturated heterocycles. The smallest absolute Gasteiger partial charge is 0.221 e. The van der Waals surface area contributed by atoms with Gasteiger partial charge in [0.15, 0.2) is 5.78 Å². The summed E-state index contributed by atoms with van der Waals surface area (Å²) in [5, 5.41) is 8.16. The summed E-state index contributed by atoms with van der Waals surface area (Å²) in [6.45, 7) is 8.02. The minimum atomic E-state index is -1.19. The zero-order valence-corrected chi connectivity index (χ0v) is 13.7. The molecule has 21 heavy (non-hydrogen) atoms. The van der Waals surface area contributed by atoms with Gasteiger partial charge < -0.3 is 4.57 Å². The molecule has 1 atom stereocenters. The van der Waals surface area contributed by atoms with E-state index in [0.717, 1.165) is 27.8 Å². The van der Waals surface area contributed by atoms with Crippen molar-refractivity contribution < 1.29 is 9.00 Å². The van der Waals surface area contributed by atoms with Crippen LogP contribution in [0.1, 0.15) is 39.5 Å². The summed E-state index contributed by atoms with van der Waals surface area (Å²) in [5.41, 5.74) is 4.89. The Morgan fingerprint density at radius 1 is 1.29 bits per heavy atom. The van der Waals surface area contributed by atoms with Crippen LogP contribution in [0.2, 0.25) is 0 Å². The number of nitrogens with zero attached hydrogens (tertiary/aromatic N) is 3. The molecule has 0 aliphatic carbocycles. The number of aromatic nitrogens is 3. The SMILES string of the molecule is CC(=O)c1c(C)cc(C)c(Cn2cnnc2S(C)=O)c1C. The van der Waals surface area contributed by atoms with Gasteiger partial charge in [-0.25, -0.2) is 0 Å². The molecule has 1 aromatic heterocycles. The number of ketones is 1. The molecule has 0 radical (unpaired) electrons. The Balaban J connectivity index is 2.54. The van der Waals surface area contributed by atoms with Gasteiger partial charge in [0.1, 0.15) is 6.33 Å². The first-order chi connectivity index (χ1) is 9.82. The molecule has 1 unspecified atom stereocenters. The molecule has 0 amide bonds. The van der Waals surface area contributed by atoms with Gasteiger partial charge in [-0.2, -0.15) is 0 Å². The van der Waals surface area contributed by atoms with E-state index in [0.29, 0.717) is 11.7 Å². The second kappa shape index (κ2) is 5.89. The largest absolute Gasteiger partial charge is 0.302 e. The molecular formula is C15H19N3O2S. The van der Waals surface area contributed by atoms with E-state index >= 15 is 0 Å². The van der Waals surface area contributed by atoms with E-state index in [9.17, 15) is 9.00 Å². The lowest BCUT2D eigenvalue weighted by Gasteiger charge is -2.16. The van der Waals surface area contributed by atoms with Crippen molar-refractivity contribution in [2.75, 3.05) is 6.26 Å². The lowest BCUT2D eigenvalue weighted by Crippen LogP contribution is -2.11. The van der Waals surface area contributed by atoms with Crippen LogP contribution in [0.4, 0.5) is 0 Å². The van der Waals surface area contributed by atoms with Crippen LogP contribution in [0.5, 0.6) is 0 Å². The van der Waals surface area contributed by atoms with Crippen LogP contribution < -0.4 is 0 Å². The van der Waals surface area contributed by atoms with Gasteiger partial charge in [0.05, 0.1) is 17.3 Å². The van der Waals surface area contributed by atoms with Gasteiger partial charge in [-0.05, 0) is 49.9 Å². The quantitative estimate of drug-likeness (QED) is 0.812. The maximum Gasteiger partial charge on any atom is 0.221 e. The van der Waals surface area contributed by atoms with Gasteiger partial charge in [-0.15, -0.1) is 10.2 Å². The molecule has 0 aliphatic rings. The van der Waals surface area contributed by atoms with Crippen molar-refractivity contribution in [3.63, 3.8) is 0 Å². The number of hydrogen-bond donors (Lipinski definition) is 0. The normalized spacial score (nSPS) is 12.4. The molecule has 2 rings (SSSR count). The number of aryl methyl sites for hydroxylation is 2. The van der Waals surface area contributed by atoms with E-state index in [1.54, 1.807) is 24.1 Å². The van der Waals surface area contributed by atoms with Gasteiger partial charge in [-0.1, -0.05) is 6.07 Å². The zero-order valence-electron chi connectivity index (χ0n) is 12.9. The number of Topliss-reactive ketones (excluding diaryl/α,β-unsaturated/α-hetero) is 1. The number of hydrogen-bond acceptors (Lipinski definition) is 4. The van der Waals surface area contributed by atoms with Gasteiger partial charge in [-0.3, -0.25) is 9.00 Å². The first-order valence-electron chi connectivity index (χ1n) is 6.64. The molecule has 0 fully saturated rings. The van der Waals surface area contributed by atoms with Crippen LogP contribution >= 0.6 is 0 Å². The van der Waals surface area contributed by atoms with Crippen molar-refractivity contribution in [3.05, 3.63) is 40.2 Å². The van der Waals surface area contributed by atoms with Gasteiger partial charge in [0.2, 0.25) is 5.16 Å². The monoisotopic (exact) mass is 305 g/mol. The van der Waals surface area contributed by atoms with Gasteiger partial charge in [0.25, 0.3) is 0 Å². The second-order valence-corrected chi connectivity index (χ2v) is 6.51. The Bertz CT molecular complexity index is 735. The second-order valence-electron chi connectivity index (χ2n) is 5.24. The Morgan fingerprint density at radius 3 is 2.52 bits per heavy atom. The van der Waals surface area contributed by atoms with Crippen LogP contribution in [0, 0.1) is 20.8 Å². The summed E-state index contributed by atoms with van der Waals surface area (Å²) in [7, 11) is -1.19. The van der Waals surface area contributed by atoms with Crippen LogP contribution in [0.15, 0.2) is 17.6 Å². The first-order valence-corrected chi connectivity index (χ1v) is 8.20. The van der Waals surface area contributed by atoms with Gasteiger partial charge in [0, 0.05) is 11.8 Å². The van der Waals surface area contributed by atoms with Crippen LogP contribution in [0.25, 0.3) is 0 Å². The Kier molecular flexibility index (Phi) is 4.37. The fraction of sp³-hybridized carbons (Fsp3) is 0.400. The van der Waals surface area contributed by atoms with E-state index < -0.39 is 10.8 Å². The predicted molar refractivity (Wildman–Crippen MR) is 82.1 cm³/mol. The van der Waals surface area contributed by atoms with Crippen LogP contribution in [0.3, 0.4) is 0 Å². The number of benzene rings is 1. The van der Waals surface area contributed by atoms with Gasteiger partial charge >= 0.3 is 0 Å². The summed E-state index contributed by atoms with van der Waals surface area (Å²) in [4.78, 5) is 11.8. The van der Waals surface area contributed by atoms with Crippen molar-refractivity contribution >= 4 is 16.6 Å². The molecule has 1 heterocycles. The summed E-state index contributed by atoms with van der Waals surface area (Å²) >= 11 is 0. The molecule has 1 aromatic carbocycles. The summed E-state index contributed by atoms with van der Waals surface area (Å²) in [6.07, 6.45) is 3.15. The molecule has 0 saturated carbocycles. The average Bonchev–Trinajstić information content (AvgIpc) is 2.81. The Morgan fingerprint density at radius 2 is 1.95 bits per heavy atom. The Labute approximate surface area is 126 Å². The summed E-state index contributed by atoms with van der Waals surface area (Å²) in [6, 6.07) is 2.02. The fourth-order valence-electron chi connectivity index (χ4n) is 2.76. The molecule has 0 aliphatic heterocycles. The topological polar surface area (TPSA) is 64.8 Å². The fourth-order valence-corrected chi connectivity index (χ4v) is 3.36.